The lowest BCUT2D eigenvalue weighted by atomic mass is 10.1. The lowest BCUT2D eigenvalue weighted by molar-refractivity contribution is -0.0292. The molecule has 1 N–H and O–H groups in total. The average molecular weight is 409 g/mol. The molecule has 0 saturated carbocycles. The van der Waals surface area contributed by atoms with E-state index in [0.717, 1.165) is 23.9 Å². The fourth-order valence-corrected chi connectivity index (χ4v) is 4.13. The number of imidazole rings is 1. The summed E-state index contributed by atoms with van der Waals surface area (Å²) in [6.45, 7) is 5.70. The van der Waals surface area contributed by atoms with Gasteiger partial charge in [-0.1, -0.05) is 17.3 Å². The van der Waals surface area contributed by atoms with Crippen molar-refractivity contribution < 1.29 is 14.4 Å². The zero-order valence-electron chi connectivity index (χ0n) is 17.1. The van der Waals surface area contributed by atoms with Crippen LogP contribution in [0.15, 0.2) is 39.9 Å². The highest BCUT2D eigenvalue weighted by Gasteiger charge is 2.36. The van der Waals surface area contributed by atoms with Gasteiger partial charge in [0.15, 0.2) is 0 Å². The van der Waals surface area contributed by atoms with Gasteiger partial charge in [0.05, 0.1) is 29.3 Å². The number of para-hydroxylation sites is 2. The molecule has 4 aromatic rings. The summed E-state index contributed by atoms with van der Waals surface area (Å²) in [4.78, 5) is 22.3. The first kappa shape index (κ1) is 19.0. The molecular formula is C21H23N5O4. The van der Waals surface area contributed by atoms with E-state index in [0.29, 0.717) is 17.1 Å². The first-order chi connectivity index (χ1) is 14.4. The first-order valence-corrected chi connectivity index (χ1v) is 10.0. The molecule has 2 unspecified atom stereocenters. The minimum atomic E-state index is -0.398. The Hall–Kier alpha value is -3.04. The van der Waals surface area contributed by atoms with Crippen LogP contribution in [0.2, 0.25) is 0 Å². The van der Waals surface area contributed by atoms with E-state index in [2.05, 4.69) is 15.1 Å². The summed E-state index contributed by atoms with van der Waals surface area (Å²) >= 11 is 0. The Morgan fingerprint density at radius 3 is 2.77 bits per heavy atom. The van der Waals surface area contributed by atoms with Gasteiger partial charge >= 0.3 is 0 Å². The molecule has 1 aliphatic rings. The fourth-order valence-electron chi connectivity index (χ4n) is 4.13. The van der Waals surface area contributed by atoms with Gasteiger partial charge in [-0.25, -0.2) is 4.98 Å². The van der Waals surface area contributed by atoms with Crippen molar-refractivity contribution in [1.29, 1.82) is 0 Å². The minimum Gasteiger partial charge on any atom is -0.394 e. The summed E-state index contributed by atoms with van der Waals surface area (Å²) in [5.41, 5.74) is 1.71. The Balaban J connectivity index is 1.69. The van der Waals surface area contributed by atoms with Crippen molar-refractivity contribution in [3.8, 4) is 11.5 Å². The van der Waals surface area contributed by atoms with Gasteiger partial charge in [-0.05, 0) is 45.7 Å². The molecule has 0 amide bonds. The number of hydrogen-bond acceptors (Lipinski definition) is 7. The fraction of sp³-hybridized carbons (Fsp3) is 0.429. The molecular weight excluding hydrogens is 386 g/mol. The average Bonchev–Trinajstić information content (AvgIpc) is 3.45. The SMILES string of the molecule is CC(CO)n1c(=O)c2c(-c3noc(C4CCC(C)(C)O4)n3)ncn2c2ccccc21. The van der Waals surface area contributed by atoms with Crippen molar-refractivity contribution >= 4 is 16.6 Å². The number of aliphatic hydroxyl groups excluding tert-OH is 1. The summed E-state index contributed by atoms with van der Waals surface area (Å²) in [7, 11) is 0. The maximum absolute atomic E-state index is 13.4. The topological polar surface area (TPSA) is 108 Å². The van der Waals surface area contributed by atoms with Gasteiger partial charge in [-0.15, -0.1) is 0 Å². The van der Waals surface area contributed by atoms with Crippen molar-refractivity contribution in [3.05, 3.63) is 46.8 Å². The van der Waals surface area contributed by atoms with Crippen LogP contribution >= 0.6 is 0 Å². The molecule has 2 atom stereocenters. The van der Waals surface area contributed by atoms with Gasteiger partial charge in [-0.3, -0.25) is 13.8 Å². The van der Waals surface area contributed by atoms with Crippen molar-refractivity contribution in [2.75, 3.05) is 6.61 Å². The van der Waals surface area contributed by atoms with Crippen molar-refractivity contribution in [2.24, 2.45) is 0 Å². The largest absolute Gasteiger partial charge is 0.394 e. The number of benzene rings is 1. The van der Waals surface area contributed by atoms with Crippen molar-refractivity contribution in [3.63, 3.8) is 0 Å². The van der Waals surface area contributed by atoms with Crippen LogP contribution < -0.4 is 5.56 Å². The van der Waals surface area contributed by atoms with Crippen LogP contribution in [0, 0.1) is 0 Å². The molecule has 1 fully saturated rings. The predicted molar refractivity (Wildman–Crippen MR) is 109 cm³/mol. The highest BCUT2D eigenvalue weighted by molar-refractivity contribution is 5.83. The predicted octanol–water partition coefficient (Wildman–Crippen LogP) is 2.88. The lowest BCUT2D eigenvalue weighted by Gasteiger charge is -2.17. The molecule has 0 aliphatic carbocycles. The molecule has 5 rings (SSSR count). The van der Waals surface area contributed by atoms with Crippen LogP contribution in [0.4, 0.5) is 0 Å². The van der Waals surface area contributed by atoms with Crippen molar-refractivity contribution in [1.82, 2.24) is 24.1 Å². The van der Waals surface area contributed by atoms with Gasteiger partial charge < -0.3 is 14.4 Å². The highest BCUT2D eigenvalue weighted by atomic mass is 16.5. The van der Waals surface area contributed by atoms with E-state index in [9.17, 15) is 9.90 Å². The lowest BCUT2D eigenvalue weighted by Crippen LogP contribution is -2.27. The zero-order chi connectivity index (χ0) is 21.0. The van der Waals surface area contributed by atoms with Crippen LogP contribution in [0.1, 0.15) is 51.6 Å². The summed E-state index contributed by atoms with van der Waals surface area (Å²) in [6, 6.07) is 7.12. The highest BCUT2D eigenvalue weighted by Crippen LogP contribution is 2.38. The number of ether oxygens (including phenoxy) is 1. The van der Waals surface area contributed by atoms with E-state index >= 15 is 0 Å². The molecule has 30 heavy (non-hydrogen) atoms. The van der Waals surface area contributed by atoms with Gasteiger partial charge in [0.25, 0.3) is 11.4 Å². The molecule has 9 nitrogen and oxygen atoms in total. The molecule has 1 saturated heterocycles. The zero-order valence-corrected chi connectivity index (χ0v) is 17.1. The standard InChI is InChI=1S/C21H23N5O4/c1-12(10-27)26-14-7-5-4-6-13(14)25-11-22-16(17(25)20(26)28)18-23-19(30-24-18)15-8-9-21(2,3)29-15/h4-7,11-12,15,27H,8-10H2,1-3H3. The quantitative estimate of drug-likeness (QED) is 0.552. The van der Waals surface area contributed by atoms with E-state index < -0.39 is 6.04 Å². The Kier molecular flexibility index (Phi) is 4.26. The van der Waals surface area contributed by atoms with Gasteiger partial charge in [-0.2, -0.15) is 4.98 Å². The van der Waals surface area contributed by atoms with Crippen LogP contribution in [0.3, 0.4) is 0 Å². The van der Waals surface area contributed by atoms with Gasteiger partial charge in [0.1, 0.15) is 23.6 Å². The molecule has 9 heteroatoms. The van der Waals surface area contributed by atoms with Crippen LogP contribution in [-0.4, -0.2) is 41.4 Å². The number of nitrogens with zero attached hydrogens (tertiary/aromatic N) is 5. The Bertz CT molecular complexity index is 1300. The minimum absolute atomic E-state index is 0.162. The third-order valence-corrected chi connectivity index (χ3v) is 5.69. The van der Waals surface area contributed by atoms with E-state index in [1.807, 2.05) is 38.1 Å². The monoisotopic (exact) mass is 409 g/mol. The first-order valence-electron chi connectivity index (χ1n) is 10.0. The molecule has 0 bridgehead atoms. The molecule has 0 spiro atoms. The Morgan fingerprint density at radius 1 is 1.30 bits per heavy atom. The van der Waals surface area contributed by atoms with Gasteiger partial charge in [0.2, 0.25) is 5.82 Å². The second-order valence-electron chi connectivity index (χ2n) is 8.37. The number of aliphatic hydroxyl groups is 1. The van der Waals surface area contributed by atoms with E-state index in [1.54, 1.807) is 22.2 Å². The van der Waals surface area contributed by atoms with Crippen LogP contribution in [-0.2, 0) is 4.74 Å². The summed E-state index contributed by atoms with van der Waals surface area (Å²) in [5.74, 6) is 0.637. The number of hydrogen-bond donors (Lipinski definition) is 1. The maximum atomic E-state index is 13.4. The van der Waals surface area contributed by atoms with Crippen LogP contribution in [0.25, 0.3) is 28.1 Å². The molecule has 0 radical (unpaired) electrons. The molecule has 1 aliphatic heterocycles. The number of rotatable bonds is 4. The molecule has 3 aromatic heterocycles. The number of aromatic nitrogens is 5. The van der Waals surface area contributed by atoms with Crippen molar-refractivity contribution in [2.45, 2.75) is 51.4 Å². The number of fused-ring (bicyclic) bond motifs is 3. The second kappa shape index (κ2) is 6.75. The second-order valence-corrected chi connectivity index (χ2v) is 8.37. The molecule has 4 heterocycles. The molecule has 1 aromatic carbocycles. The Morgan fingerprint density at radius 2 is 2.07 bits per heavy atom. The van der Waals surface area contributed by atoms with Crippen LogP contribution in [0.5, 0.6) is 0 Å². The maximum Gasteiger partial charge on any atom is 0.278 e. The summed E-state index contributed by atoms with van der Waals surface area (Å²) in [6.07, 6.45) is 3.03. The Labute approximate surface area is 171 Å². The third-order valence-electron chi connectivity index (χ3n) is 5.69. The third kappa shape index (κ3) is 2.85. The summed E-state index contributed by atoms with van der Waals surface area (Å²) < 4.78 is 14.8. The normalized spacial score (nSPS) is 19.7. The molecule has 156 valence electrons. The van der Waals surface area contributed by atoms with E-state index in [1.165, 1.54) is 0 Å². The van der Waals surface area contributed by atoms with E-state index in [-0.39, 0.29) is 29.7 Å². The van der Waals surface area contributed by atoms with E-state index in [4.69, 9.17) is 9.26 Å². The van der Waals surface area contributed by atoms with Gasteiger partial charge in [0, 0.05) is 0 Å². The summed E-state index contributed by atoms with van der Waals surface area (Å²) in [5, 5.41) is 13.8. The smallest absolute Gasteiger partial charge is 0.278 e.